The Kier molecular flexibility index (Phi) is 14.5. The Morgan fingerprint density at radius 2 is 1.24 bits per heavy atom. The molecule has 6 heteroatoms. The van der Waals surface area contributed by atoms with E-state index in [2.05, 4.69) is 92.4 Å². The molecule has 0 amide bonds. The van der Waals surface area contributed by atoms with Crippen molar-refractivity contribution >= 4 is 24.5 Å². The first-order valence-electron chi connectivity index (χ1n) is 17.1. The van der Waals surface area contributed by atoms with E-state index in [1.165, 1.54) is 70.6 Å². The zero-order valence-corrected chi connectivity index (χ0v) is 34.7. The van der Waals surface area contributed by atoms with Gasteiger partial charge in [0.05, 0.1) is 14.2 Å². The number of rotatable bonds is 7. The van der Waals surface area contributed by atoms with E-state index in [-0.39, 0.29) is 40.4 Å². The first-order chi connectivity index (χ1) is 19.1. The summed E-state index contributed by atoms with van der Waals surface area (Å²) in [4.78, 5) is 0. The zero-order valence-electron chi connectivity index (χ0n) is 29.1. The predicted molar refractivity (Wildman–Crippen MR) is 186 cm³/mol. The van der Waals surface area contributed by atoms with Crippen molar-refractivity contribution < 1.29 is 45.1 Å². The van der Waals surface area contributed by atoms with Crippen molar-refractivity contribution in [2.45, 2.75) is 150 Å². The normalized spacial score (nSPS) is 30.1. The van der Waals surface area contributed by atoms with E-state index in [1.807, 2.05) is 5.54 Å². The largest absolute Gasteiger partial charge is 3.00 e. The monoisotopic (exact) mass is 760 g/mol. The van der Waals surface area contributed by atoms with Crippen LogP contribution in [0.3, 0.4) is 0 Å². The van der Waals surface area contributed by atoms with E-state index in [9.17, 15) is 0 Å². The van der Waals surface area contributed by atoms with E-state index >= 15 is 0 Å². The average molecular weight is 760 g/mol. The Balaban J connectivity index is 0.000000423. The first-order valence-corrected chi connectivity index (χ1v) is 27.0. The van der Waals surface area contributed by atoms with Crippen LogP contribution in [0.25, 0.3) is 4.65 Å². The van der Waals surface area contributed by atoms with Crippen LogP contribution in [0.2, 0.25) is 52.4 Å². The van der Waals surface area contributed by atoms with Crippen LogP contribution in [0.4, 0.5) is 0 Å². The third kappa shape index (κ3) is 9.96. The summed E-state index contributed by atoms with van der Waals surface area (Å²) in [6.07, 6.45) is 23.5. The minimum absolute atomic E-state index is 0. The van der Waals surface area contributed by atoms with E-state index in [4.69, 9.17) is 9.38 Å². The molecule has 5 aliphatic rings. The summed E-state index contributed by atoms with van der Waals surface area (Å²) in [5, 5.41) is 0. The predicted octanol–water partition coefficient (Wildman–Crippen LogP) is 11.0. The smallest absolute Gasteiger partial charge is 0.668 e. The van der Waals surface area contributed by atoms with Gasteiger partial charge in [-0.15, -0.1) is 0 Å². The molecule has 0 aromatic rings. The van der Waals surface area contributed by atoms with Gasteiger partial charge in [-0.1, -0.05) is 122 Å². The van der Waals surface area contributed by atoms with Crippen molar-refractivity contribution in [2.24, 2.45) is 17.8 Å². The third-order valence-corrected chi connectivity index (χ3v) is 18.9. The molecule has 2 nitrogen and oxygen atoms in total. The second-order valence-corrected chi connectivity index (χ2v) is 30.5. The fourth-order valence-corrected chi connectivity index (χ4v) is 19.8. The Morgan fingerprint density at radius 1 is 0.738 bits per heavy atom. The van der Waals surface area contributed by atoms with Crippen molar-refractivity contribution in [3.05, 3.63) is 64.8 Å². The number of hydrogen-bond acceptors (Lipinski definition) is 1. The molecule has 0 saturated heterocycles. The summed E-state index contributed by atoms with van der Waals surface area (Å²) in [6.45, 7) is 26.2. The molecule has 42 heavy (non-hydrogen) atoms. The Morgan fingerprint density at radius 3 is 1.69 bits per heavy atom. The van der Waals surface area contributed by atoms with Gasteiger partial charge in [0.1, 0.15) is 6.10 Å². The molecule has 5 fully saturated rings. The quantitative estimate of drug-likeness (QED) is 0.237. The molecular weight excluding hydrogens is 697 g/mol. The van der Waals surface area contributed by atoms with Crippen LogP contribution in [0.15, 0.2) is 0 Å². The van der Waals surface area contributed by atoms with E-state index in [1.54, 1.807) is 29.2 Å². The molecule has 3 atom stereocenters. The molecule has 233 valence electrons. The van der Waals surface area contributed by atoms with E-state index in [0.29, 0.717) is 17.9 Å². The second kappa shape index (κ2) is 15.9. The Labute approximate surface area is 299 Å². The number of hydrogen-bond donors (Lipinski definition) is 0. The molecule has 0 N–H and O–H groups in total. The van der Waals surface area contributed by atoms with Gasteiger partial charge in [0, 0.05) is 12.8 Å². The fraction of sp³-hybridized carbons (Fsp3) is 0.722. The molecule has 5 saturated carbocycles. The number of nitrogens with zero attached hydrogens (tertiary/aromatic N) is 1. The van der Waals surface area contributed by atoms with Crippen LogP contribution in [-0.2, 0) is 4.74 Å². The summed E-state index contributed by atoms with van der Waals surface area (Å²) < 4.78 is 11.6. The summed E-state index contributed by atoms with van der Waals surface area (Å²) in [5.74, 6) is 9.37. The molecule has 11 radical (unpaired) electrons. The molecule has 0 spiro atoms. The van der Waals surface area contributed by atoms with Gasteiger partial charge in [0.2, 0.25) is 0 Å². The third-order valence-electron chi connectivity index (χ3n) is 9.89. The van der Waals surface area contributed by atoms with Crippen LogP contribution in [0.5, 0.6) is 0 Å². The minimum atomic E-state index is -1.74. The summed E-state index contributed by atoms with van der Waals surface area (Å²) in [6, 6.07) is 0. The van der Waals surface area contributed by atoms with Gasteiger partial charge in [0.25, 0.3) is 0 Å². The van der Waals surface area contributed by atoms with Crippen molar-refractivity contribution in [3.8, 4) is 0 Å². The maximum Gasteiger partial charge on any atom is 3.00 e. The Hall–Kier alpha value is 1.91. The van der Waals surface area contributed by atoms with Crippen molar-refractivity contribution in [3.63, 3.8) is 0 Å². The average Bonchev–Trinajstić information content (AvgIpc) is 3.45. The van der Waals surface area contributed by atoms with Crippen LogP contribution in [-0.4, -0.2) is 30.6 Å². The summed E-state index contributed by atoms with van der Waals surface area (Å²) in [7, 11) is -3.95. The second-order valence-electron chi connectivity index (χ2n) is 16.6. The molecular formula is C36H62NOSi3Sm+2. The molecule has 5 aliphatic carbocycles. The first kappa shape index (κ1) is 38.4. The van der Waals surface area contributed by atoms with E-state index < -0.39 is 24.5 Å². The van der Waals surface area contributed by atoms with Crippen molar-refractivity contribution in [1.82, 2.24) is 0 Å². The SMILES string of the molecule is CC(C)[C@@H]1CC[C@@H](C)C[C@H]1O[C]1[CH][CH][C]([Si](C)(C)[C]2[C]3CCCC[C]3[C]3CCCC[C]32)[CH]1.C[Si](C)(C)[N-][Si](C)(C)C.[Sm+3]. The van der Waals surface area contributed by atoms with Gasteiger partial charge >= 0.3 is 40.4 Å². The zero-order chi connectivity index (χ0) is 30.2. The summed E-state index contributed by atoms with van der Waals surface area (Å²) in [5.41, 5.74) is 3.43. The van der Waals surface area contributed by atoms with Crippen molar-refractivity contribution in [2.75, 3.05) is 0 Å². The standard InChI is InChI=1S/C30H44OSi.C6H18NSi2.Sm/c1-20(2)24-17-14-21(3)18-29(24)31-22-15-16-23(19-22)32(4,5)30-27-12-8-6-10-25(27)26-11-7-9-13-28(26)30;1-8(2,3)7-9(4,5)6;/h15-16,19-21,24,29H,6-14,17-18H2,1-5H3;1-6H3;/q;-1;+3/t21-,24+,29-;;/m1../s1. The topological polar surface area (TPSA) is 23.3 Å². The molecule has 0 bridgehead atoms. The molecule has 0 unspecified atom stereocenters. The maximum absolute atomic E-state index is 6.74. The van der Waals surface area contributed by atoms with Gasteiger partial charge in [0.15, 0.2) is 0 Å². The van der Waals surface area contributed by atoms with E-state index in [0.717, 1.165) is 12.0 Å². The van der Waals surface area contributed by atoms with Crippen LogP contribution >= 0.6 is 0 Å². The molecule has 5 rings (SSSR count). The molecule has 0 aliphatic heterocycles. The van der Waals surface area contributed by atoms with Gasteiger partial charge < -0.3 is 9.38 Å². The molecule has 0 aromatic heterocycles. The fourth-order valence-electron chi connectivity index (χ4n) is 8.42. The van der Waals surface area contributed by atoms with Crippen molar-refractivity contribution in [1.29, 1.82) is 0 Å². The van der Waals surface area contributed by atoms with Gasteiger partial charge in [-0.2, -0.15) is 0 Å². The molecule has 0 aromatic carbocycles. The number of ether oxygens (including phenoxy) is 1. The van der Waals surface area contributed by atoms with Crippen LogP contribution < -0.4 is 0 Å². The van der Waals surface area contributed by atoms with Crippen LogP contribution in [0.1, 0.15) is 91.4 Å². The van der Waals surface area contributed by atoms with Crippen LogP contribution in [0, 0.1) is 118 Å². The minimum Gasteiger partial charge on any atom is -0.668 e. The van der Waals surface area contributed by atoms with Gasteiger partial charge in [-0.25, -0.2) is 0 Å². The number of fused-ring (bicyclic) bond motifs is 3. The molecule has 0 heterocycles. The maximum atomic E-state index is 6.74. The van der Waals surface area contributed by atoms with Gasteiger partial charge in [-0.05, 0) is 97.5 Å². The van der Waals surface area contributed by atoms with Gasteiger partial charge in [-0.3, -0.25) is 0 Å². The summed E-state index contributed by atoms with van der Waals surface area (Å²) >= 11 is 0. The Bertz CT molecular complexity index is 789.